The van der Waals surface area contributed by atoms with Crippen molar-refractivity contribution >= 4 is 18.3 Å². The summed E-state index contributed by atoms with van der Waals surface area (Å²) in [5.74, 6) is -0.611. The number of halogens is 4. The van der Waals surface area contributed by atoms with Crippen LogP contribution in [0.4, 0.5) is 13.2 Å². The largest absolute Gasteiger partial charge is 0.451 e. The van der Waals surface area contributed by atoms with Gasteiger partial charge in [0.15, 0.2) is 5.82 Å². The molecule has 3 rings (SSSR count). The highest BCUT2D eigenvalue weighted by Gasteiger charge is 2.40. The minimum atomic E-state index is -4.51. The first-order valence-electron chi connectivity index (χ1n) is 7.36. The SMILES string of the molecule is C[C@@H]1CNCC[C@@H]1C(=O)N1CCn2c(nnc2C(F)(F)F)C1.Cl. The third kappa shape index (κ3) is 3.45. The summed E-state index contributed by atoms with van der Waals surface area (Å²) in [5.41, 5.74) is 0. The van der Waals surface area contributed by atoms with Gasteiger partial charge in [0, 0.05) is 19.0 Å². The lowest BCUT2D eigenvalue weighted by molar-refractivity contribution is -0.148. The molecule has 0 unspecified atom stereocenters. The van der Waals surface area contributed by atoms with Crippen LogP contribution in [-0.2, 0) is 24.1 Å². The predicted molar refractivity (Wildman–Crippen MR) is 77.8 cm³/mol. The Morgan fingerprint density at radius 3 is 2.70 bits per heavy atom. The first kappa shape index (κ1) is 18.0. The molecule has 0 spiro atoms. The van der Waals surface area contributed by atoms with Crippen molar-refractivity contribution < 1.29 is 18.0 Å². The molecule has 0 radical (unpaired) electrons. The standard InChI is InChI=1S/C13H18F3N5O.ClH/c1-8-6-17-3-2-9(8)11(22)20-4-5-21-10(7-20)18-19-12(21)13(14,15)16;/h8-9,17H,2-7H2,1H3;1H/t8-,9+;/m1./s1. The average Bonchev–Trinajstić information content (AvgIpc) is 2.90. The Morgan fingerprint density at radius 2 is 2.04 bits per heavy atom. The Morgan fingerprint density at radius 1 is 1.30 bits per heavy atom. The minimum Gasteiger partial charge on any atom is -0.333 e. The number of carbonyl (C=O) groups excluding carboxylic acids is 1. The maximum absolute atomic E-state index is 12.8. The number of hydrogen-bond acceptors (Lipinski definition) is 4. The topological polar surface area (TPSA) is 63.1 Å². The lowest BCUT2D eigenvalue weighted by atomic mass is 9.86. The zero-order valence-electron chi connectivity index (χ0n) is 12.6. The number of alkyl halides is 3. The predicted octanol–water partition coefficient (Wildman–Crippen LogP) is 1.31. The highest BCUT2D eigenvalue weighted by atomic mass is 35.5. The van der Waals surface area contributed by atoms with Crippen LogP contribution in [0, 0.1) is 11.8 Å². The summed E-state index contributed by atoms with van der Waals surface area (Å²) in [4.78, 5) is 14.2. The van der Waals surface area contributed by atoms with Crippen molar-refractivity contribution in [3.8, 4) is 0 Å². The summed E-state index contributed by atoms with van der Waals surface area (Å²) in [6.45, 7) is 4.05. The van der Waals surface area contributed by atoms with Gasteiger partial charge in [0.2, 0.25) is 11.7 Å². The Balaban J connectivity index is 0.00000192. The lowest BCUT2D eigenvalue weighted by Crippen LogP contribution is -2.47. The number of aromatic nitrogens is 3. The van der Waals surface area contributed by atoms with Crippen LogP contribution < -0.4 is 5.32 Å². The maximum Gasteiger partial charge on any atom is 0.451 e. The Kier molecular flexibility index (Phi) is 5.20. The molecule has 1 aromatic rings. The average molecular weight is 354 g/mol. The van der Waals surface area contributed by atoms with Crippen LogP contribution in [-0.4, -0.2) is 45.2 Å². The van der Waals surface area contributed by atoms with Crippen molar-refractivity contribution in [3.05, 3.63) is 11.6 Å². The molecular weight excluding hydrogens is 335 g/mol. The molecule has 2 atom stereocenters. The van der Waals surface area contributed by atoms with Gasteiger partial charge in [-0.25, -0.2) is 0 Å². The molecule has 10 heteroatoms. The number of nitrogens with zero attached hydrogens (tertiary/aromatic N) is 4. The molecule has 1 aromatic heterocycles. The third-order valence-corrected chi connectivity index (χ3v) is 4.42. The van der Waals surface area contributed by atoms with Crippen LogP contribution >= 0.6 is 12.4 Å². The van der Waals surface area contributed by atoms with Crippen LogP contribution in [0.25, 0.3) is 0 Å². The molecule has 0 aromatic carbocycles. The van der Waals surface area contributed by atoms with Crippen LogP contribution in [0.5, 0.6) is 0 Å². The highest BCUT2D eigenvalue weighted by molar-refractivity contribution is 5.85. The van der Waals surface area contributed by atoms with Crippen molar-refractivity contribution in [3.63, 3.8) is 0 Å². The molecule has 3 heterocycles. The van der Waals surface area contributed by atoms with E-state index in [9.17, 15) is 18.0 Å². The monoisotopic (exact) mass is 353 g/mol. The van der Waals surface area contributed by atoms with Gasteiger partial charge in [0.05, 0.1) is 6.54 Å². The van der Waals surface area contributed by atoms with Crippen LogP contribution in [0.3, 0.4) is 0 Å². The molecule has 0 bridgehead atoms. The summed E-state index contributed by atoms with van der Waals surface area (Å²) < 4.78 is 39.5. The number of nitrogens with one attached hydrogen (secondary N) is 1. The number of carbonyl (C=O) groups is 1. The summed E-state index contributed by atoms with van der Waals surface area (Å²) in [5, 5.41) is 10.1. The highest BCUT2D eigenvalue weighted by Crippen LogP contribution is 2.30. The number of rotatable bonds is 1. The number of piperidine rings is 1. The normalized spacial score (nSPS) is 24.8. The first-order valence-corrected chi connectivity index (χ1v) is 7.36. The van der Waals surface area contributed by atoms with Gasteiger partial charge in [0.1, 0.15) is 0 Å². The fourth-order valence-corrected chi connectivity index (χ4v) is 3.17. The summed E-state index contributed by atoms with van der Waals surface area (Å²) >= 11 is 0. The van der Waals surface area contributed by atoms with Gasteiger partial charge < -0.3 is 14.8 Å². The maximum atomic E-state index is 12.8. The van der Waals surface area contributed by atoms with Crippen molar-refractivity contribution in [1.82, 2.24) is 25.0 Å². The van der Waals surface area contributed by atoms with Gasteiger partial charge in [0.25, 0.3) is 0 Å². The van der Waals surface area contributed by atoms with Gasteiger partial charge in [-0.3, -0.25) is 4.79 Å². The number of hydrogen-bond donors (Lipinski definition) is 1. The third-order valence-electron chi connectivity index (χ3n) is 4.42. The molecule has 1 amide bonds. The van der Waals surface area contributed by atoms with Gasteiger partial charge in [-0.1, -0.05) is 6.92 Å². The van der Waals surface area contributed by atoms with E-state index >= 15 is 0 Å². The van der Waals surface area contributed by atoms with Gasteiger partial charge >= 0.3 is 6.18 Å². The van der Waals surface area contributed by atoms with Gasteiger partial charge in [-0.2, -0.15) is 13.2 Å². The van der Waals surface area contributed by atoms with E-state index in [4.69, 9.17) is 0 Å². The van der Waals surface area contributed by atoms with Crippen LogP contribution in [0.15, 0.2) is 0 Å². The van der Waals surface area contributed by atoms with E-state index in [1.807, 2.05) is 6.92 Å². The smallest absolute Gasteiger partial charge is 0.333 e. The van der Waals surface area contributed by atoms with E-state index < -0.39 is 12.0 Å². The molecule has 130 valence electrons. The lowest BCUT2D eigenvalue weighted by Gasteiger charge is -2.35. The minimum absolute atomic E-state index is 0. The van der Waals surface area contributed by atoms with E-state index in [-0.39, 0.29) is 55.6 Å². The fraction of sp³-hybridized carbons (Fsp3) is 0.769. The molecule has 23 heavy (non-hydrogen) atoms. The number of fused-ring (bicyclic) bond motifs is 1. The molecule has 0 saturated carbocycles. The van der Waals surface area contributed by atoms with Crippen LogP contribution in [0.2, 0.25) is 0 Å². The molecular formula is C13H19ClF3N5O. The summed E-state index contributed by atoms with van der Waals surface area (Å²) in [6, 6.07) is 0. The zero-order chi connectivity index (χ0) is 15.9. The molecule has 6 nitrogen and oxygen atoms in total. The van der Waals surface area contributed by atoms with E-state index in [2.05, 4.69) is 15.5 Å². The van der Waals surface area contributed by atoms with E-state index in [0.29, 0.717) is 0 Å². The number of amides is 1. The van der Waals surface area contributed by atoms with Gasteiger partial charge in [-0.05, 0) is 25.4 Å². The Labute approximate surface area is 137 Å². The Bertz CT molecular complexity index is 576. The molecule has 2 aliphatic rings. The molecule has 1 saturated heterocycles. The zero-order valence-corrected chi connectivity index (χ0v) is 13.5. The first-order chi connectivity index (χ1) is 10.4. The Hall–Kier alpha value is -1.35. The quantitative estimate of drug-likeness (QED) is 0.827. The summed E-state index contributed by atoms with van der Waals surface area (Å²) in [7, 11) is 0. The van der Waals surface area contributed by atoms with Gasteiger partial charge in [-0.15, -0.1) is 22.6 Å². The van der Waals surface area contributed by atoms with E-state index in [0.717, 1.165) is 24.1 Å². The van der Waals surface area contributed by atoms with E-state index in [1.54, 1.807) is 4.90 Å². The second-order valence-corrected chi connectivity index (χ2v) is 5.93. The molecule has 1 N–H and O–H groups in total. The molecule has 2 aliphatic heterocycles. The van der Waals surface area contributed by atoms with Crippen molar-refractivity contribution in [2.24, 2.45) is 11.8 Å². The molecule has 0 aliphatic carbocycles. The molecule has 1 fully saturated rings. The van der Waals surface area contributed by atoms with Crippen molar-refractivity contribution in [2.45, 2.75) is 32.6 Å². The summed E-state index contributed by atoms with van der Waals surface area (Å²) in [6.07, 6.45) is -3.75. The van der Waals surface area contributed by atoms with Crippen LogP contribution in [0.1, 0.15) is 25.0 Å². The second-order valence-electron chi connectivity index (χ2n) is 5.93. The van der Waals surface area contributed by atoms with E-state index in [1.165, 1.54) is 0 Å². The fourth-order valence-electron chi connectivity index (χ4n) is 3.17. The van der Waals surface area contributed by atoms with Crippen molar-refractivity contribution in [2.75, 3.05) is 19.6 Å². The van der Waals surface area contributed by atoms with Crippen molar-refractivity contribution in [1.29, 1.82) is 0 Å². The second kappa shape index (κ2) is 6.64.